The summed E-state index contributed by atoms with van der Waals surface area (Å²) in [5, 5.41) is 17.4. The molecule has 17 heteroatoms. The molecule has 0 aliphatic carbocycles. The van der Waals surface area contributed by atoms with Crippen LogP contribution in [-0.4, -0.2) is 107 Å². The number of nitrogens with zero attached hydrogens (tertiary/aromatic N) is 5. The number of fused-ring (bicyclic) bond motifs is 2. The summed E-state index contributed by atoms with van der Waals surface area (Å²) >= 11 is 0. The lowest BCUT2D eigenvalue weighted by Crippen LogP contribution is -2.69. The third kappa shape index (κ3) is 11.9. The maximum absolute atomic E-state index is 15.6. The lowest BCUT2D eigenvalue weighted by molar-refractivity contribution is -0.153. The minimum atomic E-state index is -3.02. The van der Waals surface area contributed by atoms with Crippen molar-refractivity contribution in [3.63, 3.8) is 0 Å². The van der Waals surface area contributed by atoms with Crippen molar-refractivity contribution >= 4 is 82.8 Å². The Balaban J connectivity index is 0.000000189. The first-order valence-electron chi connectivity index (χ1n) is 29.8. The quantitative estimate of drug-likeness (QED) is 0.0777. The second-order valence-corrected chi connectivity index (χ2v) is 32.8. The van der Waals surface area contributed by atoms with Crippen LogP contribution in [0.4, 0.5) is 20.4 Å². The maximum Gasteiger partial charge on any atom is 0.311 e. The molecule has 0 spiro atoms. The van der Waals surface area contributed by atoms with E-state index in [1.54, 1.807) is 12.1 Å². The summed E-state index contributed by atoms with van der Waals surface area (Å²) in [5.74, 6) is -0.956. The summed E-state index contributed by atoms with van der Waals surface area (Å²) in [6.07, 6.45) is 2.67. The molecule has 0 saturated carbocycles. The van der Waals surface area contributed by atoms with Crippen LogP contribution in [0, 0.1) is 23.5 Å². The van der Waals surface area contributed by atoms with Crippen LogP contribution in [0.25, 0.3) is 21.8 Å². The van der Waals surface area contributed by atoms with Gasteiger partial charge in [-0.2, -0.15) is 10.2 Å². The molecule has 0 amide bonds. The SMILES string of the molecule is CCOC(=O)[C@@H]1CCN(c2n[nH]c3cccc(F)c23)C[C@H]1O[Si](c1ccccc1)(c1ccccc1)C(C)(C)C.CCOC(=O)[C@@H]1CCN(c2nn(C3CCCCO3)c3cccc(F)c23)C[C@H]1O[Si](c1ccccc1)(c1ccccc1)C(C)(C)C. The van der Waals surface area contributed by atoms with E-state index in [0.29, 0.717) is 92.3 Å². The van der Waals surface area contributed by atoms with Gasteiger partial charge in [0.05, 0.1) is 59.1 Å². The van der Waals surface area contributed by atoms with E-state index in [2.05, 4.69) is 129 Å². The fourth-order valence-electron chi connectivity index (χ4n) is 13.1. The Kier molecular flexibility index (Phi) is 18.4. The topological polar surface area (TPSA) is 133 Å². The minimum absolute atomic E-state index is 0.238. The van der Waals surface area contributed by atoms with Crippen LogP contribution >= 0.6 is 0 Å². The smallest absolute Gasteiger partial charge is 0.311 e. The Hall–Kier alpha value is -7.03. The fourth-order valence-corrected chi connectivity index (χ4v) is 22.5. The third-order valence-electron chi connectivity index (χ3n) is 17.0. The van der Waals surface area contributed by atoms with Gasteiger partial charge in [-0.05, 0) is 101 Å². The Bertz CT molecular complexity index is 3400. The number of anilines is 2. The number of aromatic nitrogens is 4. The number of hydrogen-bond acceptors (Lipinski definition) is 11. The van der Waals surface area contributed by atoms with Crippen molar-refractivity contribution in [1.82, 2.24) is 20.0 Å². The van der Waals surface area contributed by atoms with Crippen molar-refractivity contribution in [1.29, 1.82) is 0 Å². The van der Waals surface area contributed by atoms with Crippen LogP contribution < -0.4 is 30.5 Å². The van der Waals surface area contributed by atoms with E-state index >= 15 is 4.39 Å². The van der Waals surface area contributed by atoms with Crippen molar-refractivity contribution in [2.24, 2.45) is 11.8 Å². The zero-order chi connectivity index (χ0) is 59.2. The normalized spacial score (nSPS) is 19.9. The number of rotatable bonds is 15. The fraction of sp³-hybridized carbons (Fsp3) is 0.403. The molecule has 3 saturated heterocycles. The molecule has 8 aromatic rings. The van der Waals surface area contributed by atoms with Gasteiger partial charge in [0.1, 0.15) is 11.6 Å². The molecule has 1 N–H and O–H groups in total. The minimum Gasteiger partial charge on any atom is -0.466 e. The molecule has 6 aromatic carbocycles. The molecule has 442 valence electrons. The van der Waals surface area contributed by atoms with E-state index in [1.165, 1.54) is 12.1 Å². The molecule has 5 atom stereocenters. The molecule has 0 radical (unpaired) electrons. The van der Waals surface area contributed by atoms with Crippen LogP contribution in [0.5, 0.6) is 0 Å². The summed E-state index contributed by atoms with van der Waals surface area (Å²) in [5.41, 5.74) is 1.36. The highest BCUT2D eigenvalue weighted by Gasteiger charge is 2.55. The summed E-state index contributed by atoms with van der Waals surface area (Å²) < 4.78 is 64.6. The largest absolute Gasteiger partial charge is 0.466 e. The van der Waals surface area contributed by atoms with Gasteiger partial charge < -0.3 is 32.9 Å². The van der Waals surface area contributed by atoms with Gasteiger partial charge in [-0.25, -0.2) is 13.5 Å². The van der Waals surface area contributed by atoms with Crippen LogP contribution in [0.15, 0.2) is 158 Å². The molecule has 3 aliphatic heterocycles. The lowest BCUT2D eigenvalue weighted by atomic mass is 9.94. The van der Waals surface area contributed by atoms with Crippen molar-refractivity contribution in [2.45, 2.75) is 116 Å². The van der Waals surface area contributed by atoms with Crippen molar-refractivity contribution in [3.05, 3.63) is 169 Å². The Morgan fingerprint density at radius 2 is 1.01 bits per heavy atom. The first kappa shape index (κ1) is 60.1. The van der Waals surface area contributed by atoms with Gasteiger partial charge in [-0.3, -0.25) is 14.7 Å². The highest BCUT2D eigenvalue weighted by Crippen LogP contribution is 2.43. The number of aromatic amines is 1. The van der Waals surface area contributed by atoms with Crippen LogP contribution in [0.1, 0.15) is 93.7 Å². The van der Waals surface area contributed by atoms with Gasteiger partial charge in [-0.1, -0.05) is 175 Å². The number of ether oxygens (including phenoxy) is 3. The summed E-state index contributed by atoms with van der Waals surface area (Å²) in [4.78, 5) is 31.0. The summed E-state index contributed by atoms with van der Waals surface area (Å²) in [7, 11) is -5.98. The molecule has 2 aromatic heterocycles. The maximum atomic E-state index is 15.6. The van der Waals surface area contributed by atoms with Crippen LogP contribution in [0.3, 0.4) is 0 Å². The highest BCUT2D eigenvalue weighted by molar-refractivity contribution is 7.00. The molecule has 3 aliphatic rings. The highest BCUT2D eigenvalue weighted by atomic mass is 28.4. The third-order valence-corrected chi connectivity index (χ3v) is 27.1. The molecule has 3 fully saturated rings. The summed E-state index contributed by atoms with van der Waals surface area (Å²) in [6.45, 7) is 20.1. The van der Waals surface area contributed by atoms with Gasteiger partial charge >= 0.3 is 11.9 Å². The molecule has 5 heterocycles. The predicted octanol–water partition coefficient (Wildman–Crippen LogP) is 11.2. The average molecular weight is 1180 g/mol. The lowest BCUT2D eigenvalue weighted by Gasteiger charge is -2.48. The van der Waals surface area contributed by atoms with E-state index in [9.17, 15) is 14.0 Å². The number of nitrogens with one attached hydrogen (secondary N) is 1. The van der Waals surface area contributed by atoms with Gasteiger partial charge in [0.25, 0.3) is 16.6 Å². The number of benzene rings is 6. The molecule has 11 rings (SSSR count). The number of piperidine rings is 2. The second kappa shape index (κ2) is 25.7. The molecule has 1 unspecified atom stereocenters. The molecule has 13 nitrogen and oxygen atoms in total. The number of esters is 2. The van der Waals surface area contributed by atoms with E-state index in [-0.39, 0.29) is 39.9 Å². The number of carbonyl (C=O) groups is 2. The number of halogens is 2. The van der Waals surface area contributed by atoms with Gasteiger partial charge in [-0.15, -0.1) is 0 Å². The van der Waals surface area contributed by atoms with E-state index in [1.807, 2.05) is 84.1 Å². The predicted molar refractivity (Wildman–Crippen MR) is 333 cm³/mol. The van der Waals surface area contributed by atoms with Crippen molar-refractivity contribution < 1.29 is 41.4 Å². The number of H-pyrrole nitrogens is 1. The summed E-state index contributed by atoms with van der Waals surface area (Å²) in [6, 6.07) is 51.7. The molecular weight excluding hydrogens is 1090 g/mol. The average Bonchev–Trinajstić information content (AvgIpc) is 1.32. The first-order chi connectivity index (χ1) is 40.5. The molecular formula is C67H80F2N6O7Si2. The van der Waals surface area contributed by atoms with Gasteiger partial charge in [0.15, 0.2) is 17.9 Å². The monoisotopic (exact) mass is 1170 g/mol. The zero-order valence-electron chi connectivity index (χ0n) is 49.7. The van der Waals surface area contributed by atoms with E-state index in [4.69, 9.17) is 28.2 Å². The standard InChI is InChI=1S/C36H44FN3O4Si.C31H36FN3O3Si/c1-5-42-35(41)28-22-23-39(34-33-29(37)19-14-20-30(33)40(38-34)32-21-12-13-24-43-32)25-31(28)44-45(36(2,3)4,26-15-8-6-9-16-26)27-17-10-7-11-18-27;1-5-37-30(36)24-19-20-35(29-28-25(32)17-12-18-26(28)33-34-29)21-27(24)38-39(31(2,3)4,22-13-8-6-9-14-22)23-15-10-7-11-16-23/h6-11,14-20,28,31-32H,5,12-13,21-25H2,1-4H3;6-18,24,27H,5,19-21H2,1-4H3,(H,33,34)/t28-,31-,32?;24-,27-/m11/s1. The number of carbonyl (C=O) groups excluding carboxylic acids is 2. The Morgan fingerprint density at radius 3 is 1.44 bits per heavy atom. The van der Waals surface area contributed by atoms with Crippen molar-refractivity contribution in [3.8, 4) is 0 Å². The van der Waals surface area contributed by atoms with E-state index < -0.39 is 40.7 Å². The second-order valence-electron chi connectivity index (χ2n) is 24.3. The zero-order valence-corrected chi connectivity index (χ0v) is 51.7. The Labute approximate surface area is 494 Å². The van der Waals surface area contributed by atoms with Crippen molar-refractivity contribution in [2.75, 3.05) is 55.8 Å². The van der Waals surface area contributed by atoms with E-state index in [0.717, 1.165) is 40.0 Å². The number of hydrogen-bond donors (Lipinski definition) is 1. The first-order valence-corrected chi connectivity index (χ1v) is 33.6. The van der Waals surface area contributed by atoms with Crippen LogP contribution in [0.2, 0.25) is 10.1 Å². The molecule has 0 bridgehead atoms. The Morgan fingerprint density at radius 1 is 0.571 bits per heavy atom. The van der Waals surface area contributed by atoms with Crippen LogP contribution in [-0.2, 0) is 32.7 Å². The molecule has 84 heavy (non-hydrogen) atoms. The van der Waals surface area contributed by atoms with Gasteiger partial charge in [0, 0.05) is 32.8 Å². The van der Waals surface area contributed by atoms with Gasteiger partial charge in [0.2, 0.25) is 0 Å².